The first-order chi connectivity index (χ1) is 8.22. The monoisotopic (exact) mass is 234 g/mol. The Bertz CT molecular complexity index is 399. The molecule has 0 bridgehead atoms. The molecular formula is C13H18N2O2. The Balaban J connectivity index is 2.97. The molecule has 1 rings (SSSR count). The average Bonchev–Trinajstić information content (AvgIpc) is 2.36. The van der Waals surface area contributed by atoms with E-state index in [1.165, 1.54) is 0 Å². The smallest absolute Gasteiger partial charge is 0.174 e. The number of benzene rings is 1. The first-order valence-electron chi connectivity index (χ1n) is 5.64. The van der Waals surface area contributed by atoms with E-state index in [2.05, 4.69) is 19.2 Å². The fourth-order valence-corrected chi connectivity index (χ4v) is 1.65. The van der Waals surface area contributed by atoms with Crippen LogP contribution in [0.5, 0.6) is 11.5 Å². The molecule has 4 nitrogen and oxygen atoms in total. The quantitative estimate of drug-likeness (QED) is 0.820. The summed E-state index contributed by atoms with van der Waals surface area (Å²) in [5, 5.41) is 11.9. The molecule has 1 unspecified atom stereocenters. The van der Waals surface area contributed by atoms with Crippen LogP contribution in [0.25, 0.3) is 0 Å². The molecule has 1 aromatic carbocycles. The Hall–Kier alpha value is -1.73. The topological polar surface area (TPSA) is 54.3 Å². The maximum atomic E-state index is 8.57. The molecule has 0 saturated carbocycles. The van der Waals surface area contributed by atoms with Crippen molar-refractivity contribution in [2.75, 3.05) is 20.3 Å². The van der Waals surface area contributed by atoms with Crippen molar-refractivity contribution in [1.29, 1.82) is 5.26 Å². The molecule has 1 N–H and O–H groups in total. The summed E-state index contributed by atoms with van der Waals surface area (Å²) in [4.78, 5) is 0. The zero-order valence-electron chi connectivity index (χ0n) is 10.5. The lowest BCUT2D eigenvalue weighted by atomic mass is 10.1. The van der Waals surface area contributed by atoms with Crippen molar-refractivity contribution >= 4 is 0 Å². The molecule has 0 amide bonds. The Kier molecular flexibility index (Phi) is 5.31. The molecule has 0 radical (unpaired) electrons. The summed E-state index contributed by atoms with van der Waals surface area (Å²) < 4.78 is 10.6. The van der Waals surface area contributed by atoms with Gasteiger partial charge in [0.25, 0.3) is 0 Å². The molecule has 0 aliphatic carbocycles. The van der Waals surface area contributed by atoms with Crippen LogP contribution < -0.4 is 14.8 Å². The lowest BCUT2D eigenvalue weighted by molar-refractivity contribution is 0.353. The van der Waals surface area contributed by atoms with E-state index in [0.717, 1.165) is 17.9 Å². The van der Waals surface area contributed by atoms with Gasteiger partial charge in [0.2, 0.25) is 0 Å². The molecule has 0 saturated heterocycles. The van der Waals surface area contributed by atoms with Crippen LogP contribution in [0.3, 0.4) is 0 Å². The lowest BCUT2D eigenvalue weighted by Gasteiger charge is -2.17. The minimum atomic E-state index is 0.0407. The van der Waals surface area contributed by atoms with E-state index < -0.39 is 0 Å². The van der Waals surface area contributed by atoms with E-state index in [1.54, 1.807) is 13.2 Å². The predicted octanol–water partition coefficient (Wildman–Crippen LogP) is 2.27. The maximum Gasteiger partial charge on any atom is 0.174 e. The third-order valence-electron chi connectivity index (χ3n) is 2.49. The van der Waals surface area contributed by atoms with Gasteiger partial charge in [-0.2, -0.15) is 5.26 Å². The second-order valence-electron chi connectivity index (χ2n) is 3.63. The molecule has 0 aliphatic rings. The first kappa shape index (κ1) is 13.3. The number of nitrogens with zero attached hydrogens (tertiary/aromatic N) is 1. The van der Waals surface area contributed by atoms with E-state index in [0.29, 0.717) is 5.75 Å². The van der Waals surface area contributed by atoms with Crippen LogP contribution >= 0.6 is 0 Å². The summed E-state index contributed by atoms with van der Waals surface area (Å²) in [5.41, 5.74) is 1.03. The summed E-state index contributed by atoms with van der Waals surface area (Å²) >= 11 is 0. The standard InChI is InChI=1S/C13H18N2O2/c1-4-15-10(2)12-6-5-11(16-3)9-13(12)17-8-7-14/h5-6,9-10,15H,4,8H2,1-3H3. The van der Waals surface area contributed by atoms with Gasteiger partial charge in [0.15, 0.2) is 6.61 Å². The summed E-state index contributed by atoms with van der Waals surface area (Å²) in [6.07, 6.45) is 0. The van der Waals surface area contributed by atoms with E-state index in [9.17, 15) is 0 Å². The van der Waals surface area contributed by atoms with Crippen LogP contribution in [0.1, 0.15) is 25.5 Å². The molecule has 0 spiro atoms. The summed E-state index contributed by atoms with van der Waals surface area (Å²) in [6, 6.07) is 7.80. The second kappa shape index (κ2) is 6.77. The Morgan fingerprint density at radius 1 is 1.47 bits per heavy atom. The Labute approximate surface area is 102 Å². The van der Waals surface area contributed by atoms with Crippen LogP contribution in [0.2, 0.25) is 0 Å². The van der Waals surface area contributed by atoms with E-state index in [4.69, 9.17) is 14.7 Å². The highest BCUT2D eigenvalue weighted by Crippen LogP contribution is 2.29. The van der Waals surface area contributed by atoms with Crippen molar-refractivity contribution in [2.24, 2.45) is 0 Å². The van der Waals surface area contributed by atoms with E-state index in [-0.39, 0.29) is 12.6 Å². The zero-order chi connectivity index (χ0) is 12.7. The van der Waals surface area contributed by atoms with Gasteiger partial charge in [0, 0.05) is 17.7 Å². The van der Waals surface area contributed by atoms with Gasteiger partial charge in [-0.25, -0.2) is 0 Å². The van der Waals surface area contributed by atoms with Gasteiger partial charge in [-0.15, -0.1) is 0 Å². The number of rotatable bonds is 6. The Morgan fingerprint density at radius 2 is 2.24 bits per heavy atom. The molecule has 1 atom stereocenters. The molecule has 4 heteroatoms. The number of hydrogen-bond acceptors (Lipinski definition) is 4. The molecule has 92 valence electrons. The molecule has 1 aromatic rings. The molecule has 0 heterocycles. The largest absolute Gasteiger partial charge is 0.497 e. The van der Waals surface area contributed by atoms with Gasteiger partial charge in [-0.1, -0.05) is 13.0 Å². The van der Waals surface area contributed by atoms with Crippen LogP contribution in [-0.2, 0) is 0 Å². The number of methoxy groups -OCH3 is 1. The summed E-state index contributed by atoms with van der Waals surface area (Å²) in [5.74, 6) is 1.42. The molecule has 0 aliphatic heterocycles. The number of hydrogen-bond donors (Lipinski definition) is 1. The molecule has 17 heavy (non-hydrogen) atoms. The fraction of sp³-hybridized carbons (Fsp3) is 0.462. The number of nitriles is 1. The average molecular weight is 234 g/mol. The van der Waals surface area contributed by atoms with Crippen molar-refractivity contribution in [2.45, 2.75) is 19.9 Å². The van der Waals surface area contributed by atoms with E-state index >= 15 is 0 Å². The fourth-order valence-electron chi connectivity index (χ4n) is 1.65. The van der Waals surface area contributed by atoms with Crippen molar-refractivity contribution in [3.8, 4) is 17.6 Å². The summed E-state index contributed by atoms with van der Waals surface area (Å²) in [7, 11) is 1.61. The Morgan fingerprint density at radius 3 is 2.82 bits per heavy atom. The summed E-state index contributed by atoms with van der Waals surface area (Å²) in [6.45, 7) is 5.03. The number of ether oxygens (including phenoxy) is 2. The van der Waals surface area contributed by atoms with Gasteiger partial charge in [0.1, 0.15) is 17.6 Å². The van der Waals surface area contributed by atoms with Crippen LogP contribution in [0.4, 0.5) is 0 Å². The van der Waals surface area contributed by atoms with Gasteiger partial charge in [0.05, 0.1) is 7.11 Å². The van der Waals surface area contributed by atoms with Crippen LogP contribution in [-0.4, -0.2) is 20.3 Å². The minimum Gasteiger partial charge on any atom is -0.497 e. The third kappa shape index (κ3) is 3.65. The van der Waals surface area contributed by atoms with Gasteiger partial charge >= 0.3 is 0 Å². The van der Waals surface area contributed by atoms with Crippen molar-refractivity contribution in [1.82, 2.24) is 5.32 Å². The third-order valence-corrected chi connectivity index (χ3v) is 2.49. The van der Waals surface area contributed by atoms with E-state index in [1.807, 2.05) is 18.2 Å². The normalized spacial score (nSPS) is 11.6. The minimum absolute atomic E-state index is 0.0407. The van der Waals surface area contributed by atoms with Crippen molar-refractivity contribution in [3.63, 3.8) is 0 Å². The SMILES string of the molecule is CCNC(C)c1ccc(OC)cc1OCC#N. The molecular weight excluding hydrogens is 216 g/mol. The predicted molar refractivity (Wildman–Crippen MR) is 66.2 cm³/mol. The van der Waals surface area contributed by atoms with Gasteiger partial charge in [-0.05, 0) is 19.5 Å². The van der Waals surface area contributed by atoms with Crippen LogP contribution in [0.15, 0.2) is 18.2 Å². The van der Waals surface area contributed by atoms with Crippen LogP contribution in [0, 0.1) is 11.3 Å². The molecule has 0 aromatic heterocycles. The second-order valence-corrected chi connectivity index (χ2v) is 3.63. The van der Waals surface area contributed by atoms with Gasteiger partial charge in [-0.3, -0.25) is 0 Å². The number of nitrogens with one attached hydrogen (secondary N) is 1. The zero-order valence-corrected chi connectivity index (χ0v) is 10.5. The molecule has 0 fully saturated rings. The highest BCUT2D eigenvalue weighted by atomic mass is 16.5. The van der Waals surface area contributed by atoms with Crippen molar-refractivity contribution < 1.29 is 9.47 Å². The van der Waals surface area contributed by atoms with Crippen molar-refractivity contribution in [3.05, 3.63) is 23.8 Å². The maximum absolute atomic E-state index is 8.57. The highest BCUT2D eigenvalue weighted by molar-refractivity contribution is 5.42. The van der Waals surface area contributed by atoms with Gasteiger partial charge < -0.3 is 14.8 Å². The first-order valence-corrected chi connectivity index (χ1v) is 5.64. The lowest BCUT2D eigenvalue weighted by Crippen LogP contribution is -2.18. The highest BCUT2D eigenvalue weighted by Gasteiger charge is 2.11.